The molecule has 0 fully saturated rings. The highest BCUT2D eigenvalue weighted by atomic mass is 32.1. The van der Waals surface area contributed by atoms with Gasteiger partial charge in [-0.15, -0.1) is 11.3 Å². The number of ether oxygens (including phenoxy) is 1. The maximum atomic E-state index is 11.5. The van der Waals surface area contributed by atoms with Crippen molar-refractivity contribution in [1.82, 2.24) is 4.98 Å². The fourth-order valence-corrected chi connectivity index (χ4v) is 1.67. The Balaban J connectivity index is 2.70. The number of esters is 1. The van der Waals surface area contributed by atoms with Crippen LogP contribution < -0.4 is 5.73 Å². The van der Waals surface area contributed by atoms with E-state index in [0.29, 0.717) is 10.8 Å². The minimum absolute atomic E-state index is 0.0893. The smallest absolute Gasteiger partial charge is 0.318 e. The van der Waals surface area contributed by atoms with Crippen molar-refractivity contribution in [2.24, 2.45) is 5.16 Å². The minimum atomic E-state index is -0.725. The summed E-state index contributed by atoms with van der Waals surface area (Å²) in [6.07, 6.45) is 2.22. The molecular weight excluding hydrogens is 246 g/mol. The number of nitrogens with two attached hydrogens (primary N) is 1. The SMILES string of the molecule is COC(=O)C(CO/N=C/[C]=O)c1csc(N)n1. The van der Waals surface area contributed by atoms with Crippen LogP contribution in [0.25, 0.3) is 0 Å². The lowest BCUT2D eigenvalue weighted by Crippen LogP contribution is -2.19. The van der Waals surface area contributed by atoms with E-state index in [2.05, 4.69) is 14.9 Å². The topological polar surface area (TPSA) is 104 Å². The van der Waals surface area contributed by atoms with Crippen LogP contribution in [0.2, 0.25) is 0 Å². The van der Waals surface area contributed by atoms with E-state index in [0.717, 1.165) is 6.21 Å². The molecule has 91 valence electrons. The fraction of sp³-hybridized carbons (Fsp3) is 0.333. The summed E-state index contributed by atoms with van der Waals surface area (Å²) in [5.74, 6) is -1.24. The van der Waals surface area contributed by atoms with Gasteiger partial charge in [-0.25, -0.2) is 4.98 Å². The summed E-state index contributed by atoms with van der Waals surface area (Å²) in [5.41, 5.74) is 5.92. The van der Waals surface area contributed by atoms with Crippen molar-refractivity contribution in [2.75, 3.05) is 19.5 Å². The average Bonchev–Trinajstić information content (AvgIpc) is 2.75. The van der Waals surface area contributed by atoms with Crippen molar-refractivity contribution in [2.45, 2.75) is 5.92 Å². The van der Waals surface area contributed by atoms with Crippen molar-refractivity contribution < 1.29 is 19.2 Å². The van der Waals surface area contributed by atoms with Gasteiger partial charge in [-0.05, 0) is 0 Å². The van der Waals surface area contributed by atoms with Crippen LogP contribution in [0.1, 0.15) is 11.6 Å². The molecule has 0 amide bonds. The van der Waals surface area contributed by atoms with Gasteiger partial charge in [-0.1, -0.05) is 5.16 Å². The summed E-state index contributed by atoms with van der Waals surface area (Å²) >= 11 is 1.21. The number of thiazole rings is 1. The second-order valence-corrected chi connectivity index (χ2v) is 3.72. The zero-order valence-corrected chi connectivity index (χ0v) is 9.77. The Hall–Kier alpha value is -1.96. The van der Waals surface area contributed by atoms with Gasteiger partial charge in [-0.2, -0.15) is 0 Å². The molecule has 1 aromatic rings. The Morgan fingerprint density at radius 2 is 2.59 bits per heavy atom. The van der Waals surface area contributed by atoms with Gasteiger partial charge < -0.3 is 15.3 Å². The van der Waals surface area contributed by atoms with E-state index in [1.54, 1.807) is 5.38 Å². The van der Waals surface area contributed by atoms with Crippen LogP contribution in [-0.4, -0.2) is 37.2 Å². The first-order valence-electron chi connectivity index (χ1n) is 4.49. The van der Waals surface area contributed by atoms with E-state index in [-0.39, 0.29) is 6.61 Å². The zero-order chi connectivity index (χ0) is 12.7. The predicted octanol–water partition coefficient (Wildman–Crippen LogP) is 0.0940. The fourth-order valence-electron chi connectivity index (χ4n) is 1.05. The van der Waals surface area contributed by atoms with Crippen molar-refractivity contribution >= 4 is 34.9 Å². The third-order valence-corrected chi connectivity index (χ3v) is 2.50. The molecule has 1 atom stereocenters. The summed E-state index contributed by atoms with van der Waals surface area (Å²) in [7, 11) is 1.26. The Morgan fingerprint density at radius 1 is 1.82 bits per heavy atom. The van der Waals surface area contributed by atoms with Gasteiger partial charge in [-0.3, -0.25) is 9.59 Å². The Bertz CT molecular complexity index is 418. The lowest BCUT2D eigenvalue weighted by molar-refractivity contribution is -0.144. The molecule has 7 nitrogen and oxygen atoms in total. The molecule has 0 bridgehead atoms. The van der Waals surface area contributed by atoms with Crippen molar-refractivity contribution in [3.63, 3.8) is 0 Å². The molecule has 0 saturated carbocycles. The third-order valence-electron chi connectivity index (χ3n) is 1.80. The van der Waals surface area contributed by atoms with Crippen LogP contribution in [0.3, 0.4) is 0 Å². The van der Waals surface area contributed by atoms with Crippen LogP contribution in [-0.2, 0) is 19.2 Å². The molecule has 0 spiro atoms. The lowest BCUT2D eigenvalue weighted by Gasteiger charge is -2.10. The molecule has 1 unspecified atom stereocenters. The second kappa shape index (κ2) is 6.59. The predicted molar refractivity (Wildman–Crippen MR) is 61.4 cm³/mol. The molecule has 0 aliphatic heterocycles. The first-order valence-corrected chi connectivity index (χ1v) is 5.37. The summed E-state index contributed by atoms with van der Waals surface area (Å²) in [4.78, 5) is 30.0. The number of hydrogen-bond donors (Lipinski definition) is 1. The largest absolute Gasteiger partial charge is 0.468 e. The molecule has 8 heteroatoms. The molecule has 0 saturated heterocycles. The van der Waals surface area contributed by atoms with Crippen molar-refractivity contribution in [1.29, 1.82) is 0 Å². The maximum Gasteiger partial charge on any atom is 0.318 e. The van der Waals surface area contributed by atoms with E-state index in [9.17, 15) is 9.59 Å². The number of carbonyl (C=O) groups is 1. The molecule has 1 radical (unpaired) electrons. The monoisotopic (exact) mass is 256 g/mol. The molecule has 1 aromatic heterocycles. The number of aromatic nitrogens is 1. The van der Waals surface area contributed by atoms with Gasteiger partial charge in [0, 0.05) is 5.38 Å². The molecule has 0 aliphatic rings. The Kier molecular flexibility index (Phi) is 5.08. The number of nitrogens with zero attached hydrogens (tertiary/aromatic N) is 2. The van der Waals surface area contributed by atoms with Crippen molar-refractivity contribution in [3.8, 4) is 0 Å². The number of anilines is 1. The summed E-state index contributed by atoms with van der Waals surface area (Å²) in [5, 5.41) is 5.25. The summed E-state index contributed by atoms with van der Waals surface area (Å²) < 4.78 is 4.61. The van der Waals surface area contributed by atoms with Crippen LogP contribution >= 0.6 is 11.3 Å². The third kappa shape index (κ3) is 3.83. The van der Waals surface area contributed by atoms with Crippen molar-refractivity contribution in [3.05, 3.63) is 11.1 Å². The number of carbonyl (C=O) groups excluding carboxylic acids is 2. The standard InChI is InChI=1S/C9H10N3O4S/c1-15-8(14)6(4-16-11-2-3-13)7-5-17-9(10)12-7/h2,5-6H,4H2,1H3,(H2,10,12)/b11-2+. The van der Waals surface area contributed by atoms with Gasteiger partial charge in [0.15, 0.2) is 5.13 Å². The second-order valence-electron chi connectivity index (χ2n) is 2.83. The number of oxime groups is 1. The van der Waals surface area contributed by atoms with Crippen LogP contribution in [0.5, 0.6) is 0 Å². The molecule has 0 aliphatic carbocycles. The lowest BCUT2D eigenvalue weighted by atomic mass is 10.1. The highest BCUT2D eigenvalue weighted by molar-refractivity contribution is 7.13. The van der Waals surface area contributed by atoms with E-state index >= 15 is 0 Å². The zero-order valence-electron chi connectivity index (χ0n) is 8.95. The van der Waals surface area contributed by atoms with Gasteiger partial charge in [0.25, 0.3) is 0 Å². The van der Waals surface area contributed by atoms with Gasteiger partial charge in [0.1, 0.15) is 18.7 Å². The van der Waals surface area contributed by atoms with E-state index < -0.39 is 11.9 Å². The highest BCUT2D eigenvalue weighted by Gasteiger charge is 2.25. The molecule has 17 heavy (non-hydrogen) atoms. The van der Waals surface area contributed by atoms with Crippen LogP contribution in [0.4, 0.5) is 5.13 Å². The Morgan fingerprint density at radius 3 is 3.12 bits per heavy atom. The van der Waals surface area contributed by atoms with Gasteiger partial charge in [0.2, 0.25) is 6.29 Å². The molecule has 0 aromatic carbocycles. The van der Waals surface area contributed by atoms with Crippen LogP contribution in [0, 0.1) is 0 Å². The molecular formula is C9H10N3O4S. The van der Waals surface area contributed by atoms with Gasteiger partial charge >= 0.3 is 5.97 Å². The number of hydrogen-bond acceptors (Lipinski definition) is 8. The number of nitrogen functional groups attached to an aromatic ring is 1. The van der Waals surface area contributed by atoms with E-state index in [1.807, 2.05) is 0 Å². The van der Waals surface area contributed by atoms with Crippen LogP contribution in [0.15, 0.2) is 10.5 Å². The average molecular weight is 256 g/mol. The highest BCUT2D eigenvalue weighted by Crippen LogP contribution is 2.21. The van der Waals surface area contributed by atoms with Gasteiger partial charge in [0.05, 0.1) is 12.8 Å². The Labute approximate surface area is 101 Å². The minimum Gasteiger partial charge on any atom is -0.468 e. The first kappa shape index (κ1) is 13.1. The quantitative estimate of drug-likeness (QED) is 0.439. The normalized spacial score (nSPS) is 12.3. The molecule has 1 rings (SSSR count). The molecule has 2 N–H and O–H groups in total. The maximum absolute atomic E-state index is 11.5. The number of methoxy groups -OCH3 is 1. The summed E-state index contributed by atoms with van der Waals surface area (Å²) in [6, 6.07) is 0. The van der Waals surface area contributed by atoms with E-state index in [1.165, 1.54) is 24.7 Å². The summed E-state index contributed by atoms with van der Waals surface area (Å²) in [6.45, 7) is -0.0893. The molecule has 1 heterocycles. The van der Waals surface area contributed by atoms with E-state index in [4.69, 9.17) is 10.6 Å². The number of rotatable bonds is 6. The first-order chi connectivity index (χ1) is 8.19.